The summed E-state index contributed by atoms with van der Waals surface area (Å²) in [7, 11) is 0. The molecule has 8 aromatic carbocycles. The van der Waals surface area contributed by atoms with E-state index in [1.165, 1.54) is 120 Å². The molecule has 0 N–H and O–H groups in total. The van der Waals surface area contributed by atoms with Crippen LogP contribution in [0.15, 0.2) is 188 Å². The minimum atomic E-state index is -0.405. The van der Waals surface area contributed by atoms with Gasteiger partial charge in [0.1, 0.15) is 0 Å². The zero-order chi connectivity index (χ0) is 39.9. The van der Waals surface area contributed by atoms with E-state index in [2.05, 4.69) is 181 Å². The van der Waals surface area contributed by atoms with E-state index in [9.17, 15) is 0 Å². The molecule has 2 spiro atoms. The van der Waals surface area contributed by atoms with Crippen molar-refractivity contribution in [1.29, 1.82) is 0 Å². The first kappa shape index (κ1) is 34.2. The predicted molar refractivity (Wildman–Crippen MR) is 251 cm³/mol. The molecular weight excluding hydrogens is 735 g/mol. The molecule has 0 amide bonds. The maximum absolute atomic E-state index is 4.61. The second-order valence-electron chi connectivity index (χ2n) is 19.0. The third-order valence-electron chi connectivity index (χ3n) is 16.5. The van der Waals surface area contributed by atoms with Crippen molar-refractivity contribution < 1.29 is 0 Å². The van der Waals surface area contributed by atoms with E-state index in [0.29, 0.717) is 11.8 Å². The molecule has 0 atom stereocenters. The van der Waals surface area contributed by atoms with Crippen molar-refractivity contribution in [3.8, 4) is 44.5 Å². The van der Waals surface area contributed by atoms with Gasteiger partial charge < -0.3 is 0 Å². The van der Waals surface area contributed by atoms with Gasteiger partial charge in [0.05, 0.1) is 5.41 Å². The molecule has 0 radical (unpaired) electrons. The van der Waals surface area contributed by atoms with Crippen LogP contribution in [0.4, 0.5) is 0 Å². The van der Waals surface area contributed by atoms with Crippen LogP contribution in [0.25, 0.3) is 66.1 Å². The van der Waals surface area contributed by atoms with Crippen LogP contribution >= 0.6 is 0 Å². The summed E-state index contributed by atoms with van der Waals surface area (Å²) in [5.41, 5.74) is 19.0. The number of hydrogen-bond acceptors (Lipinski definition) is 1. The Kier molecular flexibility index (Phi) is 7.00. The van der Waals surface area contributed by atoms with E-state index in [0.717, 1.165) is 11.8 Å². The van der Waals surface area contributed by atoms with Crippen LogP contribution in [0, 0.1) is 23.7 Å². The lowest BCUT2D eigenvalue weighted by molar-refractivity contribution is -0.0440. The van der Waals surface area contributed by atoms with E-state index in [4.69, 9.17) is 0 Å². The van der Waals surface area contributed by atoms with Gasteiger partial charge >= 0.3 is 0 Å². The number of rotatable bonds is 3. The number of fused-ring (bicyclic) bond motifs is 11. The minimum Gasteiger partial charge on any atom is -0.264 e. The zero-order valence-electron chi connectivity index (χ0n) is 34.2. The standard InChI is InChI=1S/C60H45N/c1-2-12-39(13-3-1)43-23-25-48(49-28-29-61-36-52(43)49)47-26-24-44(45-14-4-5-15-46(45)47)40-22-27-57-58(35-40)60(53-18-8-6-16-50(53)51-17-7-9-19-54(51)60)56-21-11-10-20-55(56)59(57)41-31-37-30-38(33-41)34-42(59)32-37/h1-29,35-38,41-42H,30-34H2. The van der Waals surface area contributed by atoms with Crippen molar-refractivity contribution in [3.05, 3.63) is 222 Å². The number of hydrogen-bond donors (Lipinski definition) is 0. The fourth-order valence-corrected chi connectivity index (χ4v) is 14.5. The van der Waals surface area contributed by atoms with Gasteiger partial charge in [0.15, 0.2) is 0 Å². The fourth-order valence-electron chi connectivity index (χ4n) is 14.5. The monoisotopic (exact) mass is 779 g/mol. The summed E-state index contributed by atoms with van der Waals surface area (Å²) in [4.78, 5) is 4.61. The van der Waals surface area contributed by atoms with Crippen LogP contribution in [0.2, 0.25) is 0 Å². The van der Waals surface area contributed by atoms with E-state index >= 15 is 0 Å². The van der Waals surface area contributed by atoms with Crippen LogP contribution in [0.3, 0.4) is 0 Å². The first-order valence-corrected chi connectivity index (χ1v) is 22.6. The first-order chi connectivity index (χ1) is 30.2. The lowest BCUT2D eigenvalue weighted by Gasteiger charge is -2.65. The maximum Gasteiger partial charge on any atom is 0.0719 e. The smallest absolute Gasteiger partial charge is 0.0719 e. The van der Waals surface area contributed by atoms with Crippen LogP contribution in [-0.4, -0.2) is 4.98 Å². The molecule has 4 fully saturated rings. The average Bonchev–Trinajstić information content (AvgIpc) is 3.61. The summed E-state index contributed by atoms with van der Waals surface area (Å²) in [5.74, 6) is 3.13. The molecule has 6 aliphatic carbocycles. The maximum atomic E-state index is 4.61. The number of pyridine rings is 1. The Hall–Kier alpha value is -6.57. The molecule has 1 heteroatoms. The van der Waals surface area contributed by atoms with Crippen molar-refractivity contribution in [2.24, 2.45) is 23.7 Å². The topological polar surface area (TPSA) is 12.9 Å². The van der Waals surface area contributed by atoms with Gasteiger partial charge in [-0.1, -0.05) is 164 Å². The third-order valence-corrected chi connectivity index (χ3v) is 16.5. The van der Waals surface area contributed by atoms with Crippen LogP contribution in [-0.2, 0) is 10.8 Å². The van der Waals surface area contributed by atoms with Gasteiger partial charge in [-0.3, -0.25) is 4.98 Å². The van der Waals surface area contributed by atoms with Gasteiger partial charge in [0.2, 0.25) is 0 Å². The molecule has 290 valence electrons. The predicted octanol–water partition coefficient (Wildman–Crippen LogP) is 14.8. The van der Waals surface area contributed by atoms with Crippen LogP contribution in [0.5, 0.6) is 0 Å². The molecule has 0 saturated heterocycles. The van der Waals surface area contributed by atoms with Crippen molar-refractivity contribution in [2.45, 2.75) is 42.9 Å². The second kappa shape index (κ2) is 12.5. The third kappa shape index (κ3) is 4.39. The van der Waals surface area contributed by atoms with E-state index in [1.54, 1.807) is 11.1 Å². The molecule has 0 unspecified atom stereocenters. The van der Waals surface area contributed by atoms with Crippen molar-refractivity contribution >= 4 is 21.5 Å². The van der Waals surface area contributed by atoms with Gasteiger partial charge in [-0.15, -0.1) is 0 Å². The number of benzene rings is 8. The van der Waals surface area contributed by atoms with Crippen LogP contribution in [0.1, 0.15) is 65.5 Å². The highest BCUT2D eigenvalue weighted by Crippen LogP contribution is 2.71. The highest BCUT2D eigenvalue weighted by molar-refractivity contribution is 6.12. The lowest BCUT2D eigenvalue weighted by Crippen LogP contribution is -2.59. The summed E-state index contributed by atoms with van der Waals surface area (Å²) in [6.07, 6.45) is 10.9. The molecular formula is C60H45N. The van der Waals surface area contributed by atoms with E-state index in [1.807, 2.05) is 12.4 Å². The summed E-state index contributed by atoms with van der Waals surface area (Å²) < 4.78 is 0. The van der Waals surface area contributed by atoms with Crippen LogP contribution < -0.4 is 0 Å². The van der Waals surface area contributed by atoms with E-state index in [-0.39, 0.29) is 5.41 Å². The SMILES string of the molecule is c1ccc(-c2ccc(-c3ccc(-c4ccc5c(c4)C4(c6ccccc6-c6ccccc64)c4ccccc4C54C5CC6CC(C5)CC4C6)c4ccccc34)c3ccncc23)cc1. The molecule has 6 aliphatic rings. The van der Waals surface area contributed by atoms with Gasteiger partial charge in [-0.2, -0.15) is 0 Å². The summed E-state index contributed by atoms with van der Waals surface area (Å²) in [6, 6.07) is 67.7. The molecule has 4 bridgehead atoms. The molecule has 9 aromatic rings. The molecule has 1 aromatic heterocycles. The Labute approximate surface area is 357 Å². The Bertz CT molecular complexity index is 3210. The molecule has 61 heavy (non-hydrogen) atoms. The summed E-state index contributed by atoms with van der Waals surface area (Å²) in [5, 5.41) is 4.96. The largest absolute Gasteiger partial charge is 0.264 e. The Morgan fingerprint density at radius 3 is 1.52 bits per heavy atom. The highest BCUT2D eigenvalue weighted by atomic mass is 14.7. The van der Waals surface area contributed by atoms with Gasteiger partial charge in [0.25, 0.3) is 0 Å². The van der Waals surface area contributed by atoms with E-state index < -0.39 is 5.41 Å². The average molecular weight is 780 g/mol. The number of aromatic nitrogens is 1. The number of nitrogens with zero attached hydrogens (tertiary/aromatic N) is 1. The lowest BCUT2D eigenvalue weighted by atomic mass is 9.38. The molecule has 1 heterocycles. The Morgan fingerprint density at radius 1 is 0.344 bits per heavy atom. The Balaban J connectivity index is 1.03. The molecule has 4 saturated carbocycles. The normalized spacial score (nSPS) is 23.3. The van der Waals surface area contributed by atoms with Crippen molar-refractivity contribution in [1.82, 2.24) is 4.98 Å². The van der Waals surface area contributed by atoms with Crippen molar-refractivity contribution in [2.75, 3.05) is 0 Å². The highest BCUT2D eigenvalue weighted by Gasteiger charge is 2.64. The molecule has 1 nitrogen and oxygen atoms in total. The van der Waals surface area contributed by atoms with Gasteiger partial charge in [0, 0.05) is 23.2 Å². The minimum absolute atomic E-state index is 0.0311. The van der Waals surface area contributed by atoms with Gasteiger partial charge in [-0.05, 0) is 162 Å². The Morgan fingerprint density at radius 2 is 0.852 bits per heavy atom. The van der Waals surface area contributed by atoms with Crippen molar-refractivity contribution in [3.63, 3.8) is 0 Å². The quantitative estimate of drug-likeness (QED) is 0.174. The first-order valence-electron chi connectivity index (χ1n) is 22.6. The van der Waals surface area contributed by atoms with Gasteiger partial charge in [-0.25, -0.2) is 0 Å². The fraction of sp³-hybridized carbons (Fsp3) is 0.183. The summed E-state index contributed by atoms with van der Waals surface area (Å²) in [6.45, 7) is 0. The summed E-state index contributed by atoms with van der Waals surface area (Å²) >= 11 is 0. The molecule has 15 rings (SSSR count). The second-order valence-corrected chi connectivity index (χ2v) is 19.0. The zero-order valence-corrected chi connectivity index (χ0v) is 34.2. The molecule has 0 aliphatic heterocycles.